The number of anilines is 1. The number of piperidine rings is 1. The Morgan fingerprint density at radius 1 is 1.20 bits per heavy atom. The average Bonchev–Trinajstić information content (AvgIpc) is 3.01. The minimum atomic E-state index is 0.439. The minimum Gasteiger partial charge on any atom is -0.365 e. The average molecular weight is 400 g/mol. The van der Waals surface area contributed by atoms with Crippen molar-refractivity contribution in [2.75, 3.05) is 11.9 Å². The maximum atomic E-state index is 4.45. The summed E-state index contributed by atoms with van der Waals surface area (Å²) >= 11 is 3.51. The van der Waals surface area contributed by atoms with Gasteiger partial charge in [-0.2, -0.15) is 5.10 Å². The molecular formula is C19H22BrN5. The number of aromatic nitrogens is 3. The first-order valence-corrected chi connectivity index (χ1v) is 9.53. The van der Waals surface area contributed by atoms with Gasteiger partial charge in [0, 0.05) is 25.2 Å². The fourth-order valence-electron chi connectivity index (χ4n) is 3.61. The van der Waals surface area contributed by atoms with Crippen LogP contribution in [-0.2, 0) is 6.54 Å². The largest absolute Gasteiger partial charge is 0.365 e. The van der Waals surface area contributed by atoms with Crippen molar-refractivity contribution in [3.8, 4) is 0 Å². The van der Waals surface area contributed by atoms with Gasteiger partial charge in [0.25, 0.3) is 0 Å². The van der Waals surface area contributed by atoms with E-state index in [0.717, 1.165) is 41.9 Å². The zero-order chi connectivity index (χ0) is 17.2. The summed E-state index contributed by atoms with van der Waals surface area (Å²) in [4.78, 5) is 7.02. The van der Waals surface area contributed by atoms with E-state index in [4.69, 9.17) is 0 Å². The molecule has 0 amide bonds. The molecule has 1 saturated heterocycles. The smallest absolute Gasteiger partial charge is 0.154 e. The molecule has 0 radical (unpaired) electrons. The number of nitrogens with zero attached hydrogens (tertiary/aromatic N) is 4. The second kappa shape index (κ2) is 7.14. The third kappa shape index (κ3) is 3.55. The van der Waals surface area contributed by atoms with Crippen molar-refractivity contribution in [3.63, 3.8) is 0 Å². The summed E-state index contributed by atoms with van der Waals surface area (Å²) in [5.41, 5.74) is 2.39. The molecule has 1 N–H and O–H groups in total. The minimum absolute atomic E-state index is 0.439. The second-order valence-corrected chi connectivity index (χ2v) is 7.54. The monoisotopic (exact) mass is 399 g/mol. The van der Waals surface area contributed by atoms with Gasteiger partial charge in [0.2, 0.25) is 0 Å². The highest BCUT2D eigenvalue weighted by Crippen LogP contribution is 2.25. The van der Waals surface area contributed by atoms with Gasteiger partial charge in [0.05, 0.1) is 0 Å². The molecule has 1 fully saturated rings. The number of fused-ring (bicyclic) bond motifs is 1. The summed E-state index contributed by atoms with van der Waals surface area (Å²) in [5.74, 6) is 0.911. The standard InChI is InChI=1S/C19H22BrN5/c1-14-11-16(9-10-24(14)12-15-5-3-2-4-6-15)23-19-17-7-8-18(20)25(17)22-13-21-19/h2-8,13-14,16H,9-12H2,1H3,(H,21,22,23). The van der Waals surface area contributed by atoms with Crippen LogP contribution in [0.3, 0.4) is 0 Å². The van der Waals surface area contributed by atoms with Crippen LogP contribution in [0.2, 0.25) is 0 Å². The van der Waals surface area contributed by atoms with Gasteiger partial charge in [0.1, 0.15) is 16.4 Å². The van der Waals surface area contributed by atoms with Gasteiger partial charge >= 0.3 is 0 Å². The van der Waals surface area contributed by atoms with Crippen molar-refractivity contribution in [1.82, 2.24) is 19.5 Å². The Labute approximate surface area is 156 Å². The normalized spacial score (nSPS) is 21.5. The van der Waals surface area contributed by atoms with Gasteiger partial charge in [-0.1, -0.05) is 30.3 Å². The van der Waals surface area contributed by atoms with E-state index in [0.29, 0.717) is 12.1 Å². The van der Waals surface area contributed by atoms with Crippen LogP contribution in [0.4, 0.5) is 5.82 Å². The maximum Gasteiger partial charge on any atom is 0.154 e. The molecule has 1 aliphatic rings. The third-order valence-corrected chi connectivity index (χ3v) is 5.59. The highest BCUT2D eigenvalue weighted by atomic mass is 79.9. The predicted octanol–water partition coefficient (Wildman–Crippen LogP) is 3.96. The second-order valence-electron chi connectivity index (χ2n) is 6.73. The van der Waals surface area contributed by atoms with E-state index >= 15 is 0 Å². The zero-order valence-electron chi connectivity index (χ0n) is 14.3. The Bertz CT molecular complexity index is 847. The molecule has 5 nitrogen and oxygen atoms in total. The Morgan fingerprint density at radius 2 is 2.04 bits per heavy atom. The summed E-state index contributed by atoms with van der Waals surface area (Å²) in [6.07, 6.45) is 3.84. The number of hydrogen-bond donors (Lipinski definition) is 1. The summed E-state index contributed by atoms with van der Waals surface area (Å²) < 4.78 is 2.81. The van der Waals surface area contributed by atoms with E-state index in [9.17, 15) is 0 Å². The molecule has 1 aromatic carbocycles. The van der Waals surface area contributed by atoms with Crippen LogP contribution in [0.15, 0.2) is 53.4 Å². The Balaban J connectivity index is 1.42. The van der Waals surface area contributed by atoms with Crippen molar-refractivity contribution in [2.45, 2.75) is 38.4 Å². The van der Waals surface area contributed by atoms with Crippen molar-refractivity contribution >= 4 is 27.3 Å². The fraction of sp³-hybridized carbons (Fsp3) is 0.368. The lowest BCUT2D eigenvalue weighted by atomic mass is 9.97. The Morgan fingerprint density at radius 3 is 2.84 bits per heavy atom. The van der Waals surface area contributed by atoms with E-state index in [1.54, 1.807) is 6.33 Å². The van der Waals surface area contributed by atoms with Gasteiger partial charge in [-0.25, -0.2) is 9.50 Å². The quantitative estimate of drug-likeness (QED) is 0.720. The molecule has 0 bridgehead atoms. The number of halogens is 1. The summed E-state index contributed by atoms with van der Waals surface area (Å²) in [7, 11) is 0. The van der Waals surface area contributed by atoms with Gasteiger partial charge in [-0.05, 0) is 53.4 Å². The molecule has 4 rings (SSSR count). The van der Waals surface area contributed by atoms with Crippen LogP contribution in [0.25, 0.3) is 5.52 Å². The topological polar surface area (TPSA) is 45.5 Å². The molecule has 0 aliphatic carbocycles. The fourth-order valence-corrected chi connectivity index (χ4v) is 4.03. The van der Waals surface area contributed by atoms with Crippen molar-refractivity contribution < 1.29 is 0 Å². The lowest BCUT2D eigenvalue weighted by Gasteiger charge is -2.38. The molecule has 2 aromatic heterocycles. The van der Waals surface area contributed by atoms with Gasteiger partial charge in [-0.3, -0.25) is 4.90 Å². The number of nitrogens with one attached hydrogen (secondary N) is 1. The van der Waals surface area contributed by atoms with Crippen molar-refractivity contribution in [3.05, 3.63) is 59.0 Å². The van der Waals surface area contributed by atoms with Crippen LogP contribution >= 0.6 is 15.9 Å². The first kappa shape index (κ1) is 16.5. The number of likely N-dealkylation sites (tertiary alicyclic amines) is 1. The molecular weight excluding hydrogens is 378 g/mol. The molecule has 2 atom stereocenters. The SMILES string of the molecule is CC1CC(Nc2ncnn3c(Br)ccc23)CCN1Cc1ccccc1. The number of benzene rings is 1. The van der Waals surface area contributed by atoms with E-state index in [-0.39, 0.29) is 0 Å². The maximum absolute atomic E-state index is 4.45. The molecule has 0 spiro atoms. The lowest BCUT2D eigenvalue weighted by molar-refractivity contribution is 0.144. The number of hydrogen-bond acceptors (Lipinski definition) is 4. The van der Waals surface area contributed by atoms with E-state index < -0.39 is 0 Å². The molecule has 2 unspecified atom stereocenters. The number of rotatable bonds is 4. The van der Waals surface area contributed by atoms with Gasteiger partial charge < -0.3 is 5.32 Å². The van der Waals surface area contributed by atoms with E-state index in [1.807, 2.05) is 16.6 Å². The highest BCUT2D eigenvalue weighted by molar-refractivity contribution is 9.10. The molecule has 1 aliphatic heterocycles. The first-order chi connectivity index (χ1) is 12.2. The summed E-state index contributed by atoms with van der Waals surface area (Å²) in [6, 6.07) is 15.7. The highest BCUT2D eigenvalue weighted by Gasteiger charge is 2.26. The molecule has 25 heavy (non-hydrogen) atoms. The molecule has 0 saturated carbocycles. The van der Waals surface area contributed by atoms with E-state index in [2.05, 4.69) is 73.5 Å². The van der Waals surface area contributed by atoms with Crippen LogP contribution < -0.4 is 5.32 Å². The van der Waals surface area contributed by atoms with Crippen LogP contribution in [0, 0.1) is 0 Å². The van der Waals surface area contributed by atoms with Gasteiger partial charge in [0.15, 0.2) is 5.82 Å². The lowest BCUT2D eigenvalue weighted by Crippen LogP contribution is -2.44. The molecule has 3 heterocycles. The first-order valence-electron chi connectivity index (χ1n) is 8.73. The van der Waals surface area contributed by atoms with Crippen molar-refractivity contribution in [2.24, 2.45) is 0 Å². The third-order valence-electron chi connectivity index (χ3n) is 4.99. The van der Waals surface area contributed by atoms with Crippen molar-refractivity contribution in [1.29, 1.82) is 0 Å². The van der Waals surface area contributed by atoms with Gasteiger partial charge in [-0.15, -0.1) is 0 Å². The molecule has 3 aromatic rings. The predicted molar refractivity (Wildman–Crippen MR) is 104 cm³/mol. The molecule has 130 valence electrons. The summed E-state index contributed by atoms with van der Waals surface area (Å²) in [5, 5.41) is 7.91. The van der Waals surface area contributed by atoms with E-state index in [1.165, 1.54) is 5.56 Å². The van der Waals surface area contributed by atoms with Crippen LogP contribution in [-0.4, -0.2) is 38.1 Å². The Hall–Kier alpha value is -1.92. The zero-order valence-corrected chi connectivity index (χ0v) is 15.9. The van der Waals surface area contributed by atoms with Crippen LogP contribution in [0.5, 0.6) is 0 Å². The summed E-state index contributed by atoms with van der Waals surface area (Å²) in [6.45, 7) is 4.44. The van der Waals surface area contributed by atoms with Crippen LogP contribution in [0.1, 0.15) is 25.3 Å². The Kier molecular flexibility index (Phi) is 4.72. The molecule has 6 heteroatoms.